The largest absolute Gasteiger partial charge is 0.545 e. The minimum Gasteiger partial charge on any atom is -0.545 e. The van der Waals surface area contributed by atoms with Gasteiger partial charge in [-0.25, -0.2) is 0 Å². The molecule has 0 bridgehead atoms. The molecular weight excluding hydrogens is 338 g/mol. The van der Waals surface area contributed by atoms with Gasteiger partial charge in [-0.2, -0.15) is 0 Å². The Morgan fingerprint density at radius 1 is 0.840 bits per heavy atom. The van der Waals surface area contributed by atoms with Gasteiger partial charge >= 0.3 is 0 Å². The van der Waals surface area contributed by atoms with E-state index in [-0.39, 0.29) is 17.2 Å². The number of carboxylic acids is 1. The van der Waals surface area contributed by atoms with Gasteiger partial charge in [-0.05, 0) is 36.4 Å². The summed E-state index contributed by atoms with van der Waals surface area (Å²) in [7, 11) is 0. The fraction of sp³-hybridized carbons (Fsp3) is 0. The lowest BCUT2D eigenvalue weighted by atomic mass is 10.1. The highest BCUT2D eigenvalue weighted by atomic mass is 35.5. The van der Waals surface area contributed by atoms with E-state index in [1.54, 1.807) is 66.7 Å². The number of halogens is 1. The summed E-state index contributed by atoms with van der Waals surface area (Å²) in [4.78, 5) is 26.0. The molecule has 0 atom stereocenters. The molecule has 0 fully saturated rings. The lowest BCUT2D eigenvalue weighted by molar-refractivity contribution is -0.254. The van der Waals surface area contributed by atoms with Crippen molar-refractivity contribution in [2.24, 2.45) is 0 Å². The number of aromatic carboxylic acids is 1. The number of nitrogens with zero attached hydrogens (tertiary/aromatic N) is 1. The van der Waals surface area contributed by atoms with E-state index >= 15 is 0 Å². The molecule has 0 saturated carbocycles. The van der Waals surface area contributed by atoms with Crippen LogP contribution < -0.4 is 10.0 Å². The predicted molar refractivity (Wildman–Crippen MR) is 95.1 cm³/mol. The van der Waals surface area contributed by atoms with Crippen molar-refractivity contribution in [1.82, 2.24) is 0 Å². The van der Waals surface area contributed by atoms with Gasteiger partial charge in [-0.15, -0.1) is 0 Å². The lowest BCUT2D eigenvalue weighted by Crippen LogP contribution is -2.30. The Hall–Kier alpha value is -3.11. The van der Waals surface area contributed by atoms with E-state index in [0.717, 1.165) is 0 Å². The third-order valence-corrected chi connectivity index (χ3v) is 3.89. The van der Waals surface area contributed by atoms with Gasteiger partial charge in [0.15, 0.2) is 0 Å². The molecule has 4 nitrogen and oxygen atoms in total. The number of rotatable bonds is 4. The molecule has 3 aromatic carbocycles. The maximum absolute atomic E-state index is 13.1. The van der Waals surface area contributed by atoms with Crippen molar-refractivity contribution < 1.29 is 14.7 Å². The molecule has 0 radical (unpaired) electrons. The highest BCUT2D eigenvalue weighted by molar-refractivity contribution is 6.31. The number of carbonyl (C=O) groups is 2. The van der Waals surface area contributed by atoms with Crippen LogP contribution in [-0.2, 0) is 0 Å². The maximum Gasteiger partial charge on any atom is 0.262 e. The lowest BCUT2D eigenvalue weighted by Gasteiger charge is -2.26. The van der Waals surface area contributed by atoms with Crippen molar-refractivity contribution >= 4 is 34.9 Å². The van der Waals surface area contributed by atoms with Gasteiger partial charge in [0.25, 0.3) is 5.91 Å². The molecule has 1 amide bonds. The monoisotopic (exact) mass is 350 g/mol. The predicted octanol–water partition coefficient (Wildman–Crippen LogP) is 3.68. The molecule has 124 valence electrons. The van der Waals surface area contributed by atoms with Crippen molar-refractivity contribution in [2.75, 3.05) is 4.90 Å². The van der Waals surface area contributed by atoms with Crippen LogP contribution in [0.25, 0.3) is 0 Å². The number of anilines is 2. The SMILES string of the molecule is O=C([O-])c1ccccc1N(C(=O)c1cccc(Cl)c1)c1ccccc1. The number of hydrogen-bond acceptors (Lipinski definition) is 3. The van der Waals surface area contributed by atoms with E-state index in [2.05, 4.69) is 0 Å². The average Bonchev–Trinajstić information content (AvgIpc) is 2.63. The fourth-order valence-corrected chi connectivity index (χ4v) is 2.72. The summed E-state index contributed by atoms with van der Waals surface area (Å²) in [6, 6.07) is 21.6. The van der Waals surface area contributed by atoms with Gasteiger partial charge < -0.3 is 9.90 Å². The van der Waals surface area contributed by atoms with Gasteiger partial charge in [-0.3, -0.25) is 9.69 Å². The van der Waals surface area contributed by atoms with Crippen LogP contribution in [0.4, 0.5) is 11.4 Å². The number of hydrogen-bond donors (Lipinski definition) is 0. The summed E-state index contributed by atoms with van der Waals surface area (Å²) in [6.07, 6.45) is 0. The third-order valence-electron chi connectivity index (χ3n) is 3.65. The second-order valence-corrected chi connectivity index (χ2v) is 5.73. The summed E-state index contributed by atoms with van der Waals surface area (Å²) in [5.74, 6) is -1.74. The Morgan fingerprint density at radius 3 is 2.20 bits per heavy atom. The minimum absolute atomic E-state index is 0.0678. The Kier molecular flexibility index (Phi) is 4.82. The highest BCUT2D eigenvalue weighted by Gasteiger charge is 2.22. The molecule has 0 aliphatic heterocycles. The van der Waals surface area contributed by atoms with Gasteiger partial charge in [0.2, 0.25) is 0 Å². The first-order valence-electron chi connectivity index (χ1n) is 7.53. The quantitative estimate of drug-likeness (QED) is 0.721. The van der Waals surface area contributed by atoms with E-state index < -0.39 is 5.97 Å². The van der Waals surface area contributed by atoms with Crippen LogP contribution in [0.5, 0.6) is 0 Å². The van der Waals surface area contributed by atoms with E-state index in [1.807, 2.05) is 6.07 Å². The van der Waals surface area contributed by atoms with Crippen LogP contribution in [0.2, 0.25) is 5.02 Å². The van der Waals surface area contributed by atoms with E-state index in [1.165, 1.54) is 11.0 Å². The highest BCUT2D eigenvalue weighted by Crippen LogP contribution is 2.30. The Balaban J connectivity index is 2.18. The normalized spacial score (nSPS) is 10.3. The zero-order valence-corrected chi connectivity index (χ0v) is 13.8. The standard InChI is InChI=1S/C20H14ClNO3/c21-15-8-6-7-14(13-15)19(23)22(16-9-2-1-3-10-16)18-12-5-4-11-17(18)20(24)25/h1-13H,(H,24,25)/p-1. The van der Waals surface area contributed by atoms with Crippen LogP contribution in [0.1, 0.15) is 20.7 Å². The van der Waals surface area contributed by atoms with Gasteiger partial charge in [0.05, 0.1) is 11.7 Å². The summed E-state index contributed by atoms with van der Waals surface area (Å²) in [6.45, 7) is 0. The fourth-order valence-electron chi connectivity index (χ4n) is 2.53. The van der Waals surface area contributed by atoms with Crippen LogP contribution >= 0.6 is 11.6 Å². The zero-order chi connectivity index (χ0) is 17.8. The first kappa shape index (κ1) is 16.7. The first-order chi connectivity index (χ1) is 12.1. The summed E-state index contributed by atoms with van der Waals surface area (Å²) in [5.41, 5.74) is 1.06. The Labute approximate surface area is 149 Å². The van der Waals surface area contributed by atoms with Crippen LogP contribution in [0, 0.1) is 0 Å². The van der Waals surface area contributed by atoms with Crippen molar-refractivity contribution in [3.05, 3.63) is 95.0 Å². The van der Waals surface area contributed by atoms with Gasteiger partial charge in [-0.1, -0.05) is 54.1 Å². The van der Waals surface area contributed by atoms with Gasteiger partial charge in [0, 0.05) is 21.8 Å². The molecule has 3 rings (SSSR count). The molecule has 5 heteroatoms. The molecule has 25 heavy (non-hydrogen) atoms. The van der Waals surface area contributed by atoms with Crippen molar-refractivity contribution in [3.8, 4) is 0 Å². The number of benzene rings is 3. The topological polar surface area (TPSA) is 60.4 Å². The van der Waals surface area contributed by atoms with Crippen LogP contribution in [0.15, 0.2) is 78.9 Å². The summed E-state index contributed by atoms with van der Waals surface area (Å²) < 4.78 is 0. The van der Waals surface area contributed by atoms with Crippen LogP contribution in [-0.4, -0.2) is 11.9 Å². The van der Waals surface area contributed by atoms with Crippen molar-refractivity contribution in [3.63, 3.8) is 0 Å². The molecule has 0 saturated heterocycles. The smallest absolute Gasteiger partial charge is 0.262 e. The number of carboxylic acid groups (broad SMARTS) is 1. The minimum atomic E-state index is -1.35. The molecule has 0 aromatic heterocycles. The molecule has 3 aromatic rings. The Bertz CT molecular complexity index is 925. The molecule has 0 aliphatic carbocycles. The first-order valence-corrected chi connectivity index (χ1v) is 7.91. The number of amides is 1. The van der Waals surface area contributed by atoms with E-state index in [0.29, 0.717) is 16.3 Å². The molecule has 0 heterocycles. The molecule has 0 unspecified atom stereocenters. The number of para-hydroxylation sites is 2. The second-order valence-electron chi connectivity index (χ2n) is 5.29. The van der Waals surface area contributed by atoms with Crippen LogP contribution in [0.3, 0.4) is 0 Å². The molecular formula is C20H13ClNO3-. The second kappa shape index (κ2) is 7.20. The summed E-state index contributed by atoms with van der Waals surface area (Å²) in [5, 5.41) is 11.9. The van der Waals surface area contributed by atoms with Gasteiger partial charge in [0.1, 0.15) is 0 Å². The molecule has 0 spiro atoms. The Morgan fingerprint density at radius 2 is 1.52 bits per heavy atom. The number of carbonyl (C=O) groups excluding carboxylic acids is 2. The van der Waals surface area contributed by atoms with Crippen molar-refractivity contribution in [2.45, 2.75) is 0 Å². The average molecular weight is 351 g/mol. The van der Waals surface area contributed by atoms with Crippen molar-refractivity contribution in [1.29, 1.82) is 0 Å². The summed E-state index contributed by atoms with van der Waals surface area (Å²) >= 11 is 5.99. The zero-order valence-electron chi connectivity index (χ0n) is 13.1. The molecule has 0 aliphatic rings. The third kappa shape index (κ3) is 3.54. The van der Waals surface area contributed by atoms with E-state index in [9.17, 15) is 14.7 Å². The maximum atomic E-state index is 13.1. The molecule has 0 N–H and O–H groups in total. The van der Waals surface area contributed by atoms with E-state index in [4.69, 9.17) is 11.6 Å².